The van der Waals surface area contributed by atoms with Crippen molar-refractivity contribution in [3.05, 3.63) is 65.7 Å². The van der Waals surface area contributed by atoms with E-state index in [1.165, 1.54) is 31.5 Å². The molecule has 46 heavy (non-hydrogen) atoms. The molecule has 0 bridgehead atoms. The number of hydrogen-bond acceptors (Lipinski definition) is 7. The number of phenols is 1. The van der Waals surface area contributed by atoms with E-state index in [1.807, 2.05) is 30.3 Å². The van der Waals surface area contributed by atoms with Gasteiger partial charge in [0.2, 0.25) is 23.6 Å². The number of unbranched alkanes of at least 4 members (excludes halogenated alkanes) is 2. The molecule has 6 N–H and O–H groups in total. The molecule has 12 nitrogen and oxygen atoms in total. The lowest BCUT2D eigenvalue weighted by atomic mass is 10.00. The van der Waals surface area contributed by atoms with Crippen LogP contribution in [0.25, 0.3) is 0 Å². The normalized spacial score (nSPS) is 13.5. The van der Waals surface area contributed by atoms with Crippen LogP contribution < -0.4 is 21.3 Å². The number of aliphatic carboxylic acids is 1. The average Bonchev–Trinajstić information content (AvgIpc) is 2.99. The van der Waals surface area contributed by atoms with E-state index in [2.05, 4.69) is 21.3 Å². The van der Waals surface area contributed by atoms with Gasteiger partial charge in [-0.15, -0.1) is 0 Å². The molecule has 0 spiro atoms. The van der Waals surface area contributed by atoms with Gasteiger partial charge in [-0.05, 0) is 55.4 Å². The Hall–Kier alpha value is -4.74. The van der Waals surface area contributed by atoms with Crippen molar-refractivity contribution in [3.63, 3.8) is 0 Å². The van der Waals surface area contributed by atoms with Gasteiger partial charge in [0.25, 0.3) is 0 Å². The van der Waals surface area contributed by atoms with E-state index in [9.17, 15) is 39.0 Å². The first kappa shape index (κ1) is 37.4. The fraction of sp³-hybridized carbons (Fsp3) is 0.471. The summed E-state index contributed by atoms with van der Waals surface area (Å²) in [6.45, 7) is 6.05. The van der Waals surface area contributed by atoms with Crippen LogP contribution in [0, 0.1) is 5.92 Å². The summed E-state index contributed by atoms with van der Waals surface area (Å²) in [5, 5.41) is 29.1. The molecule has 0 aliphatic heterocycles. The standard InChI is InChI=1S/C34H46N4O8/c1-21(2)31(38-33(45)28(36-23(4)39)19-25-15-17-26(40)18-16-25)34(46)35-22(3)32(44)37-27(20-30(42)43)29(41)14-10-6-9-13-24-11-7-5-8-12-24/h5,7-8,11-12,15-18,21-22,27-28,31,40H,6,9-10,13-14,19-20H2,1-4H3,(H,35,46)(H,36,39)(H,37,44)(H,38,45)(H,42,43). The number of carbonyl (C=O) groups excluding carboxylic acids is 5. The number of carboxylic acid groups (broad SMARTS) is 1. The highest BCUT2D eigenvalue weighted by Crippen LogP contribution is 2.13. The van der Waals surface area contributed by atoms with E-state index in [4.69, 9.17) is 0 Å². The smallest absolute Gasteiger partial charge is 0.305 e. The molecule has 0 aliphatic rings. The molecule has 4 unspecified atom stereocenters. The van der Waals surface area contributed by atoms with Gasteiger partial charge in [0.15, 0.2) is 5.78 Å². The summed E-state index contributed by atoms with van der Waals surface area (Å²) in [6.07, 6.45) is 2.66. The van der Waals surface area contributed by atoms with Gasteiger partial charge < -0.3 is 31.5 Å². The molecule has 4 atom stereocenters. The second kappa shape index (κ2) is 18.9. The Morgan fingerprint density at radius 1 is 0.696 bits per heavy atom. The molecule has 0 aliphatic carbocycles. The zero-order valence-electron chi connectivity index (χ0n) is 26.9. The molecular weight excluding hydrogens is 592 g/mol. The van der Waals surface area contributed by atoms with Crippen molar-refractivity contribution in [2.45, 2.75) is 96.8 Å². The van der Waals surface area contributed by atoms with Crippen LogP contribution >= 0.6 is 0 Å². The SMILES string of the molecule is CC(=O)NC(Cc1ccc(O)cc1)C(=O)NC(C(=O)NC(C)C(=O)NC(CC(=O)O)C(=O)CCCCCc1ccccc1)C(C)C. The van der Waals surface area contributed by atoms with Gasteiger partial charge in [-0.25, -0.2) is 0 Å². The number of hydrogen-bond donors (Lipinski definition) is 6. The van der Waals surface area contributed by atoms with E-state index in [-0.39, 0.29) is 18.6 Å². The zero-order chi connectivity index (χ0) is 34.2. The number of phenolic OH excluding ortho intramolecular Hbond substituents is 1. The lowest BCUT2D eigenvalue weighted by molar-refractivity contribution is -0.140. The number of carbonyl (C=O) groups is 6. The third kappa shape index (κ3) is 13.5. The quantitative estimate of drug-likeness (QED) is 0.126. The lowest BCUT2D eigenvalue weighted by Crippen LogP contribution is -2.58. The van der Waals surface area contributed by atoms with Crippen LogP contribution in [-0.4, -0.2) is 69.8 Å². The monoisotopic (exact) mass is 638 g/mol. The summed E-state index contributed by atoms with van der Waals surface area (Å²) >= 11 is 0. The van der Waals surface area contributed by atoms with Crippen LogP contribution in [0.4, 0.5) is 0 Å². The Kier molecular flexibility index (Phi) is 15.4. The fourth-order valence-electron chi connectivity index (χ4n) is 4.82. The van der Waals surface area contributed by atoms with Crippen molar-refractivity contribution < 1.29 is 39.0 Å². The van der Waals surface area contributed by atoms with Crippen LogP contribution in [0.5, 0.6) is 5.75 Å². The maximum absolute atomic E-state index is 13.2. The van der Waals surface area contributed by atoms with Crippen molar-refractivity contribution in [1.29, 1.82) is 0 Å². The predicted octanol–water partition coefficient (Wildman–Crippen LogP) is 2.42. The molecule has 0 aromatic heterocycles. The highest BCUT2D eigenvalue weighted by Gasteiger charge is 2.31. The Bertz CT molecular complexity index is 1330. The highest BCUT2D eigenvalue weighted by atomic mass is 16.4. The molecule has 2 aromatic carbocycles. The van der Waals surface area contributed by atoms with Crippen molar-refractivity contribution in [3.8, 4) is 5.75 Å². The van der Waals surface area contributed by atoms with Crippen LogP contribution in [0.1, 0.15) is 70.9 Å². The highest BCUT2D eigenvalue weighted by molar-refractivity contribution is 5.96. The van der Waals surface area contributed by atoms with E-state index >= 15 is 0 Å². The first-order valence-corrected chi connectivity index (χ1v) is 15.5. The number of Topliss-reactive ketones (excluding diaryl/α,β-unsaturated/α-hetero) is 1. The molecule has 0 fully saturated rings. The molecule has 0 radical (unpaired) electrons. The van der Waals surface area contributed by atoms with Gasteiger partial charge in [0, 0.05) is 19.8 Å². The molecule has 0 saturated carbocycles. The number of benzene rings is 2. The molecule has 0 saturated heterocycles. The maximum Gasteiger partial charge on any atom is 0.305 e. The van der Waals surface area contributed by atoms with Gasteiger partial charge in [-0.3, -0.25) is 28.8 Å². The molecule has 2 rings (SSSR count). The van der Waals surface area contributed by atoms with Crippen LogP contribution in [0.2, 0.25) is 0 Å². The van der Waals surface area contributed by atoms with Gasteiger partial charge in [0.05, 0.1) is 12.5 Å². The number of rotatable bonds is 19. The molecule has 250 valence electrons. The summed E-state index contributed by atoms with van der Waals surface area (Å²) in [5.74, 6) is -4.49. The zero-order valence-corrected chi connectivity index (χ0v) is 26.9. The number of aromatic hydroxyl groups is 1. The van der Waals surface area contributed by atoms with Crippen molar-refractivity contribution in [2.75, 3.05) is 0 Å². The number of nitrogens with one attached hydrogen (secondary N) is 4. The minimum atomic E-state index is -1.25. The summed E-state index contributed by atoms with van der Waals surface area (Å²) in [7, 11) is 0. The van der Waals surface area contributed by atoms with Gasteiger partial charge in [-0.1, -0.05) is 62.7 Å². The minimum Gasteiger partial charge on any atom is -0.508 e. The Balaban J connectivity index is 1.96. The van der Waals surface area contributed by atoms with Gasteiger partial charge in [0.1, 0.15) is 23.9 Å². The van der Waals surface area contributed by atoms with E-state index < -0.39 is 71.9 Å². The van der Waals surface area contributed by atoms with Gasteiger partial charge in [-0.2, -0.15) is 0 Å². The topological polar surface area (TPSA) is 191 Å². The Morgan fingerprint density at radius 2 is 1.35 bits per heavy atom. The van der Waals surface area contributed by atoms with E-state index in [0.717, 1.165) is 19.3 Å². The summed E-state index contributed by atoms with van der Waals surface area (Å²) in [5.41, 5.74) is 1.86. The van der Waals surface area contributed by atoms with Crippen molar-refractivity contribution in [2.24, 2.45) is 5.92 Å². The molecular formula is C34H46N4O8. The Labute approximate surface area is 269 Å². The second-order valence-electron chi connectivity index (χ2n) is 11.8. The third-order valence-electron chi connectivity index (χ3n) is 7.38. The van der Waals surface area contributed by atoms with E-state index in [1.54, 1.807) is 26.0 Å². The van der Waals surface area contributed by atoms with Gasteiger partial charge >= 0.3 is 5.97 Å². The molecule has 12 heteroatoms. The largest absolute Gasteiger partial charge is 0.508 e. The van der Waals surface area contributed by atoms with Crippen molar-refractivity contribution >= 4 is 35.4 Å². The molecule has 0 heterocycles. The Morgan fingerprint density at radius 3 is 1.93 bits per heavy atom. The second-order valence-corrected chi connectivity index (χ2v) is 11.8. The average molecular weight is 639 g/mol. The summed E-state index contributed by atoms with van der Waals surface area (Å²) in [4.78, 5) is 75.4. The number of carboxylic acids is 1. The minimum absolute atomic E-state index is 0.0483. The van der Waals surface area contributed by atoms with Crippen LogP contribution in [0.3, 0.4) is 0 Å². The maximum atomic E-state index is 13.2. The number of aryl methyl sites for hydroxylation is 1. The third-order valence-corrected chi connectivity index (χ3v) is 7.38. The lowest BCUT2D eigenvalue weighted by Gasteiger charge is -2.27. The van der Waals surface area contributed by atoms with Crippen LogP contribution in [-0.2, 0) is 41.6 Å². The molecule has 4 amide bonds. The first-order chi connectivity index (χ1) is 21.8. The van der Waals surface area contributed by atoms with E-state index in [0.29, 0.717) is 12.0 Å². The summed E-state index contributed by atoms with van der Waals surface area (Å²) < 4.78 is 0. The number of amides is 4. The molecule has 2 aromatic rings. The van der Waals surface area contributed by atoms with Crippen LogP contribution in [0.15, 0.2) is 54.6 Å². The first-order valence-electron chi connectivity index (χ1n) is 15.5. The number of ketones is 1. The summed E-state index contributed by atoms with van der Waals surface area (Å²) in [6, 6.07) is 11.6. The fourth-order valence-corrected chi connectivity index (χ4v) is 4.82. The predicted molar refractivity (Wildman–Crippen MR) is 172 cm³/mol. The van der Waals surface area contributed by atoms with Crippen molar-refractivity contribution in [1.82, 2.24) is 21.3 Å².